The number of fused-ring (bicyclic) bond motifs is 1. The van der Waals surface area contributed by atoms with E-state index in [9.17, 15) is 0 Å². The van der Waals surface area contributed by atoms with Crippen molar-refractivity contribution < 1.29 is 4.74 Å². The molecule has 1 heterocycles. The minimum absolute atomic E-state index is 0.616. The second-order valence-electron chi connectivity index (χ2n) is 6.21. The van der Waals surface area contributed by atoms with Crippen molar-refractivity contribution in [3.63, 3.8) is 0 Å². The number of hydrogen-bond donors (Lipinski definition) is 1. The molecule has 1 atom stereocenters. The summed E-state index contributed by atoms with van der Waals surface area (Å²) in [6.07, 6.45) is 6.73. The molecule has 1 fully saturated rings. The van der Waals surface area contributed by atoms with E-state index in [1.54, 1.807) is 0 Å². The molecular formula is C17H25NO. The molecule has 1 saturated carbocycles. The minimum atomic E-state index is 0.616. The molecule has 19 heavy (non-hydrogen) atoms. The molecule has 1 aromatic carbocycles. The average molecular weight is 259 g/mol. The summed E-state index contributed by atoms with van der Waals surface area (Å²) in [6, 6.07) is 8.51. The van der Waals surface area contributed by atoms with Crippen molar-refractivity contribution in [1.29, 1.82) is 0 Å². The topological polar surface area (TPSA) is 21.3 Å². The van der Waals surface area contributed by atoms with Gasteiger partial charge in [-0.15, -0.1) is 0 Å². The molecule has 0 aromatic heterocycles. The predicted octanol–water partition coefficient (Wildman–Crippen LogP) is 3.72. The van der Waals surface area contributed by atoms with Crippen molar-refractivity contribution >= 4 is 0 Å². The van der Waals surface area contributed by atoms with Gasteiger partial charge in [-0.05, 0) is 42.7 Å². The third-order valence-corrected chi connectivity index (χ3v) is 5.14. The van der Waals surface area contributed by atoms with Crippen molar-refractivity contribution in [2.24, 2.45) is 5.41 Å². The van der Waals surface area contributed by atoms with Gasteiger partial charge in [0.25, 0.3) is 0 Å². The van der Waals surface area contributed by atoms with E-state index < -0.39 is 0 Å². The highest BCUT2D eigenvalue weighted by Crippen LogP contribution is 2.43. The minimum Gasteiger partial charge on any atom is -0.493 e. The SMILES string of the molecule is CCC1(CNCC2CCOc3ccccc32)CCC1. The predicted molar refractivity (Wildman–Crippen MR) is 78.7 cm³/mol. The van der Waals surface area contributed by atoms with E-state index in [-0.39, 0.29) is 0 Å². The summed E-state index contributed by atoms with van der Waals surface area (Å²) in [7, 11) is 0. The quantitative estimate of drug-likeness (QED) is 0.870. The molecule has 1 unspecified atom stereocenters. The van der Waals surface area contributed by atoms with Gasteiger partial charge in [0.05, 0.1) is 6.61 Å². The Morgan fingerprint density at radius 2 is 2.16 bits per heavy atom. The van der Waals surface area contributed by atoms with Gasteiger partial charge >= 0.3 is 0 Å². The Labute approximate surface area is 116 Å². The van der Waals surface area contributed by atoms with E-state index in [1.807, 2.05) is 0 Å². The molecule has 104 valence electrons. The van der Waals surface area contributed by atoms with Gasteiger partial charge in [0.2, 0.25) is 0 Å². The van der Waals surface area contributed by atoms with Crippen LogP contribution in [-0.2, 0) is 0 Å². The summed E-state index contributed by atoms with van der Waals surface area (Å²) in [6.45, 7) is 5.50. The van der Waals surface area contributed by atoms with Crippen LogP contribution < -0.4 is 10.1 Å². The molecule has 0 amide bonds. The van der Waals surface area contributed by atoms with Gasteiger partial charge < -0.3 is 10.1 Å². The van der Waals surface area contributed by atoms with Crippen molar-refractivity contribution in [3.05, 3.63) is 29.8 Å². The van der Waals surface area contributed by atoms with E-state index in [4.69, 9.17) is 4.74 Å². The van der Waals surface area contributed by atoms with Crippen molar-refractivity contribution in [2.75, 3.05) is 19.7 Å². The molecule has 0 bridgehead atoms. The smallest absolute Gasteiger partial charge is 0.122 e. The zero-order chi connectivity index (χ0) is 13.1. The van der Waals surface area contributed by atoms with Crippen LogP contribution in [0.4, 0.5) is 0 Å². The maximum absolute atomic E-state index is 5.73. The third kappa shape index (κ3) is 2.64. The van der Waals surface area contributed by atoms with Gasteiger partial charge in [-0.25, -0.2) is 0 Å². The van der Waals surface area contributed by atoms with Crippen molar-refractivity contribution in [3.8, 4) is 5.75 Å². The molecule has 1 N–H and O–H groups in total. The lowest BCUT2D eigenvalue weighted by Crippen LogP contribution is -2.41. The van der Waals surface area contributed by atoms with Crippen molar-refractivity contribution in [1.82, 2.24) is 5.32 Å². The maximum Gasteiger partial charge on any atom is 0.122 e. The average Bonchev–Trinajstić information content (AvgIpc) is 2.42. The molecule has 0 saturated heterocycles. The number of hydrogen-bond acceptors (Lipinski definition) is 2. The van der Waals surface area contributed by atoms with E-state index in [1.165, 1.54) is 37.8 Å². The molecule has 3 rings (SSSR count). The maximum atomic E-state index is 5.73. The summed E-state index contributed by atoms with van der Waals surface area (Å²) in [5, 5.41) is 3.73. The Morgan fingerprint density at radius 1 is 1.32 bits per heavy atom. The lowest BCUT2D eigenvalue weighted by atomic mass is 9.67. The van der Waals surface area contributed by atoms with Crippen LogP contribution in [0.2, 0.25) is 0 Å². The number of rotatable bonds is 5. The Kier molecular flexibility index (Phi) is 3.79. The van der Waals surface area contributed by atoms with E-state index in [0.29, 0.717) is 11.3 Å². The number of ether oxygens (including phenoxy) is 1. The largest absolute Gasteiger partial charge is 0.493 e. The molecule has 2 nitrogen and oxygen atoms in total. The molecular weight excluding hydrogens is 234 g/mol. The van der Waals surface area contributed by atoms with Crippen LogP contribution in [0.3, 0.4) is 0 Å². The van der Waals surface area contributed by atoms with Crippen LogP contribution in [0.5, 0.6) is 5.75 Å². The second-order valence-corrected chi connectivity index (χ2v) is 6.21. The first-order valence-electron chi connectivity index (χ1n) is 7.75. The van der Waals surface area contributed by atoms with Crippen LogP contribution in [0, 0.1) is 5.41 Å². The van der Waals surface area contributed by atoms with Crippen LogP contribution in [0.25, 0.3) is 0 Å². The van der Waals surface area contributed by atoms with E-state index in [0.717, 1.165) is 25.3 Å². The van der Waals surface area contributed by atoms with Gasteiger partial charge in [-0.3, -0.25) is 0 Å². The lowest BCUT2D eigenvalue weighted by molar-refractivity contribution is 0.122. The monoisotopic (exact) mass is 259 g/mol. The second kappa shape index (κ2) is 5.54. The van der Waals surface area contributed by atoms with Crippen LogP contribution >= 0.6 is 0 Å². The molecule has 1 aromatic rings. The lowest BCUT2D eigenvalue weighted by Gasteiger charge is -2.42. The Bertz CT molecular complexity index is 420. The molecule has 2 heteroatoms. The van der Waals surface area contributed by atoms with Gasteiger partial charge in [-0.2, -0.15) is 0 Å². The Balaban J connectivity index is 1.56. The number of benzene rings is 1. The normalized spacial score (nSPS) is 24.2. The molecule has 1 aliphatic heterocycles. The first-order chi connectivity index (χ1) is 9.33. The standard InChI is InChI=1S/C17H25NO/c1-2-17(9-5-10-17)13-18-12-14-8-11-19-16-7-4-3-6-15(14)16/h3-4,6-7,14,18H,2,5,8-13H2,1H3. The first kappa shape index (κ1) is 13.0. The Hall–Kier alpha value is -1.02. The van der Waals surface area contributed by atoms with Gasteiger partial charge in [-0.1, -0.05) is 31.5 Å². The molecule has 1 aliphatic carbocycles. The van der Waals surface area contributed by atoms with Crippen LogP contribution in [0.15, 0.2) is 24.3 Å². The van der Waals surface area contributed by atoms with Gasteiger partial charge in [0.15, 0.2) is 0 Å². The van der Waals surface area contributed by atoms with Crippen LogP contribution in [-0.4, -0.2) is 19.7 Å². The molecule has 0 radical (unpaired) electrons. The summed E-state index contributed by atoms with van der Waals surface area (Å²) in [5.74, 6) is 1.72. The zero-order valence-electron chi connectivity index (χ0n) is 12.0. The van der Waals surface area contributed by atoms with Crippen molar-refractivity contribution in [2.45, 2.75) is 44.9 Å². The van der Waals surface area contributed by atoms with Gasteiger partial charge in [0.1, 0.15) is 5.75 Å². The molecule has 0 spiro atoms. The summed E-state index contributed by atoms with van der Waals surface area (Å²) in [4.78, 5) is 0. The summed E-state index contributed by atoms with van der Waals surface area (Å²) in [5.41, 5.74) is 2.01. The highest BCUT2D eigenvalue weighted by Gasteiger charge is 2.34. The zero-order valence-corrected chi connectivity index (χ0v) is 12.0. The van der Waals surface area contributed by atoms with Gasteiger partial charge in [0, 0.05) is 19.0 Å². The number of para-hydroxylation sites is 1. The fourth-order valence-electron chi connectivity index (χ4n) is 3.47. The van der Waals surface area contributed by atoms with E-state index >= 15 is 0 Å². The summed E-state index contributed by atoms with van der Waals surface area (Å²) < 4.78 is 5.73. The van der Waals surface area contributed by atoms with Crippen LogP contribution in [0.1, 0.15) is 50.5 Å². The fourth-order valence-corrected chi connectivity index (χ4v) is 3.47. The third-order valence-electron chi connectivity index (χ3n) is 5.14. The molecule has 2 aliphatic rings. The Morgan fingerprint density at radius 3 is 2.89 bits per heavy atom. The fraction of sp³-hybridized carbons (Fsp3) is 0.647. The highest BCUT2D eigenvalue weighted by atomic mass is 16.5. The summed E-state index contributed by atoms with van der Waals surface area (Å²) >= 11 is 0. The highest BCUT2D eigenvalue weighted by molar-refractivity contribution is 5.37. The number of nitrogens with one attached hydrogen (secondary N) is 1. The van der Waals surface area contributed by atoms with E-state index in [2.05, 4.69) is 36.5 Å². The first-order valence-corrected chi connectivity index (χ1v) is 7.75.